The number of nitrogens with one attached hydrogen (secondary N) is 1. The van der Waals surface area contributed by atoms with Gasteiger partial charge < -0.3 is 13.1 Å². The van der Waals surface area contributed by atoms with Gasteiger partial charge in [0.15, 0.2) is 0 Å². The van der Waals surface area contributed by atoms with Crippen molar-refractivity contribution in [3.63, 3.8) is 0 Å². The molecular weight excluding hydrogens is 583 g/mol. The third-order valence-corrected chi connectivity index (χ3v) is 5.96. The number of hydrogen-bond donors (Lipinski definition) is 1. The summed E-state index contributed by atoms with van der Waals surface area (Å²) in [4.78, 5) is 12.2. The van der Waals surface area contributed by atoms with Gasteiger partial charge in [-0.15, -0.1) is 0 Å². The van der Waals surface area contributed by atoms with E-state index in [0.29, 0.717) is 25.4 Å². The highest BCUT2D eigenvalue weighted by atomic mass is 127. The summed E-state index contributed by atoms with van der Waals surface area (Å²) in [5.41, 5.74) is 1.23. The van der Waals surface area contributed by atoms with Crippen LogP contribution in [0.15, 0.2) is 52.2 Å². The minimum Gasteiger partial charge on any atom is -0.494 e. The molecular formula is C25H34BrIN2O3. The van der Waals surface area contributed by atoms with E-state index in [1.54, 1.807) is 30.1 Å². The molecule has 0 spiro atoms. The normalized spacial score (nSPS) is 17.2. The fraction of sp³-hybridized carbons (Fsp3) is 0.520. The molecule has 1 aromatic rings. The molecule has 0 saturated heterocycles. The molecule has 0 fully saturated rings. The van der Waals surface area contributed by atoms with Crippen LogP contribution < -0.4 is 10.1 Å². The third kappa shape index (κ3) is 9.24. The fourth-order valence-corrected chi connectivity index (χ4v) is 3.74. The minimum absolute atomic E-state index is 0.0443. The molecule has 32 heavy (non-hydrogen) atoms. The van der Waals surface area contributed by atoms with Gasteiger partial charge in [0.05, 0.1) is 18.1 Å². The van der Waals surface area contributed by atoms with Gasteiger partial charge in [-0.05, 0) is 61.6 Å². The lowest BCUT2D eigenvalue weighted by atomic mass is 9.74. The molecule has 0 aromatic heterocycles. The van der Waals surface area contributed by atoms with E-state index in [9.17, 15) is 10.1 Å². The number of ether oxygens (including phenoxy) is 1. The topological polar surface area (TPSA) is 71.4 Å². The van der Waals surface area contributed by atoms with Gasteiger partial charge >= 0.3 is 0 Å². The Balaban J connectivity index is 0.00000161. The lowest BCUT2D eigenvalue weighted by molar-refractivity contribution is -0.120. The van der Waals surface area contributed by atoms with Gasteiger partial charge in [-0.3, -0.25) is 4.79 Å². The second kappa shape index (κ2) is 14.7. The van der Waals surface area contributed by atoms with Crippen molar-refractivity contribution in [3.05, 3.63) is 52.2 Å². The SMILES string of the molecule is CCCC(=O)NC1=CC(C(C)(C#N)CCOc2ccc(Br)cc2)=CCC1C(C)C.COI. The molecule has 1 aliphatic carbocycles. The Morgan fingerprint density at radius 1 is 1.38 bits per heavy atom. The molecule has 2 atom stereocenters. The van der Waals surface area contributed by atoms with E-state index in [1.165, 1.54) is 0 Å². The lowest BCUT2D eigenvalue weighted by Crippen LogP contribution is -2.32. The number of nitrogens with zero attached hydrogens (tertiary/aromatic N) is 1. The molecule has 0 bridgehead atoms. The number of carbonyl (C=O) groups is 1. The van der Waals surface area contributed by atoms with E-state index in [2.05, 4.69) is 50.3 Å². The summed E-state index contributed by atoms with van der Waals surface area (Å²) in [6.45, 7) is 8.72. The maximum Gasteiger partial charge on any atom is 0.224 e. The van der Waals surface area contributed by atoms with Crippen molar-refractivity contribution < 1.29 is 12.6 Å². The number of hydrogen-bond acceptors (Lipinski definition) is 4. The number of nitriles is 1. The fourth-order valence-electron chi connectivity index (χ4n) is 3.48. The number of benzene rings is 1. The van der Waals surface area contributed by atoms with Crippen LogP contribution in [0.2, 0.25) is 0 Å². The molecule has 7 heteroatoms. The Hall–Kier alpha value is -1.37. The van der Waals surface area contributed by atoms with Gasteiger partial charge in [0.25, 0.3) is 0 Å². The average molecular weight is 617 g/mol. The largest absolute Gasteiger partial charge is 0.494 e. The van der Waals surface area contributed by atoms with Crippen molar-refractivity contribution in [2.45, 2.75) is 53.4 Å². The Labute approximate surface area is 215 Å². The van der Waals surface area contributed by atoms with Crippen LogP contribution in [0.5, 0.6) is 5.75 Å². The van der Waals surface area contributed by atoms with E-state index < -0.39 is 5.41 Å². The first-order valence-electron chi connectivity index (χ1n) is 10.9. The van der Waals surface area contributed by atoms with E-state index in [1.807, 2.05) is 44.2 Å². The van der Waals surface area contributed by atoms with E-state index in [4.69, 9.17) is 4.74 Å². The van der Waals surface area contributed by atoms with Crippen molar-refractivity contribution in [2.75, 3.05) is 13.7 Å². The second-order valence-electron chi connectivity index (χ2n) is 8.29. The van der Waals surface area contributed by atoms with Crippen LogP contribution in [-0.2, 0) is 7.86 Å². The van der Waals surface area contributed by atoms with Gasteiger partial charge in [0, 0.05) is 36.0 Å². The Morgan fingerprint density at radius 2 is 2.00 bits per heavy atom. The molecule has 176 valence electrons. The predicted molar refractivity (Wildman–Crippen MR) is 141 cm³/mol. The molecule has 2 unspecified atom stereocenters. The average Bonchev–Trinajstić information content (AvgIpc) is 2.75. The van der Waals surface area contributed by atoms with Crippen molar-refractivity contribution in [1.82, 2.24) is 5.32 Å². The van der Waals surface area contributed by atoms with Crippen LogP contribution in [0, 0.1) is 28.6 Å². The van der Waals surface area contributed by atoms with Gasteiger partial charge in [0.1, 0.15) is 28.8 Å². The highest BCUT2D eigenvalue weighted by Crippen LogP contribution is 2.38. The van der Waals surface area contributed by atoms with Crippen LogP contribution in [-0.4, -0.2) is 19.6 Å². The van der Waals surface area contributed by atoms with Crippen molar-refractivity contribution in [2.24, 2.45) is 17.3 Å². The van der Waals surface area contributed by atoms with Gasteiger partial charge in [-0.1, -0.05) is 42.8 Å². The molecule has 1 N–H and O–H groups in total. The van der Waals surface area contributed by atoms with E-state index in [-0.39, 0.29) is 11.8 Å². The first-order chi connectivity index (χ1) is 15.2. The van der Waals surface area contributed by atoms with E-state index >= 15 is 0 Å². The van der Waals surface area contributed by atoms with Crippen molar-refractivity contribution in [3.8, 4) is 11.8 Å². The van der Waals surface area contributed by atoms with Crippen LogP contribution >= 0.6 is 38.9 Å². The summed E-state index contributed by atoms with van der Waals surface area (Å²) >= 11 is 5.20. The summed E-state index contributed by atoms with van der Waals surface area (Å²) in [7, 11) is 1.61. The number of carbonyl (C=O) groups excluding carboxylic acids is 1. The number of allylic oxidation sites excluding steroid dienone is 4. The summed E-state index contributed by atoms with van der Waals surface area (Å²) < 4.78 is 11.1. The molecule has 1 aromatic carbocycles. The molecule has 0 heterocycles. The second-order valence-corrected chi connectivity index (χ2v) is 10.1. The number of amides is 1. The molecule has 1 aliphatic rings. The summed E-state index contributed by atoms with van der Waals surface area (Å²) in [6.07, 6.45) is 6.91. The Bertz CT molecular complexity index is 831. The molecule has 0 saturated carbocycles. The maximum absolute atomic E-state index is 12.2. The molecule has 2 rings (SSSR count). The monoisotopic (exact) mass is 616 g/mol. The first-order valence-corrected chi connectivity index (χ1v) is 12.5. The molecule has 0 radical (unpaired) electrons. The van der Waals surface area contributed by atoms with Crippen LogP contribution in [0.1, 0.15) is 53.4 Å². The smallest absolute Gasteiger partial charge is 0.224 e. The first kappa shape index (κ1) is 28.7. The minimum atomic E-state index is -0.669. The van der Waals surface area contributed by atoms with Gasteiger partial charge in [-0.2, -0.15) is 5.26 Å². The van der Waals surface area contributed by atoms with Gasteiger partial charge in [-0.25, -0.2) is 0 Å². The summed E-state index contributed by atoms with van der Waals surface area (Å²) in [5.74, 6) is 1.51. The molecule has 0 aliphatic heterocycles. The standard InChI is InChI=1S/C24H31BrN2O2.CH3IO/c1-5-6-23(28)27-22-15-18(7-12-21(22)17(2)3)24(4,16-26)13-14-29-20-10-8-19(25)9-11-20;1-3-2/h7-11,15,17,21H,5-6,12-14H2,1-4H3,(H,27,28);1H3. The van der Waals surface area contributed by atoms with Gasteiger partial charge in [0.2, 0.25) is 5.91 Å². The quantitative estimate of drug-likeness (QED) is 0.300. The zero-order chi connectivity index (χ0) is 24.1. The number of rotatable bonds is 9. The van der Waals surface area contributed by atoms with Crippen LogP contribution in [0.25, 0.3) is 0 Å². The zero-order valence-corrected chi connectivity index (χ0v) is 23.3. The Morgan fingerprint density at radius 3 is 2.53 bits per heavy atom. The highest BCUT2D eigenvalue weighted by Gasteiger charge is 2.32. The Kier molecular flexibility index (Phi) is 13.2. The maximum atomic E-state index is 12.2. The van der Waals surface area contributed by atoms with Crippen molar-refractivity contribution >= 4 is 44.8 Å². The summed E-state index contributed by atoms with van der Waals surface area (Å²) in [5, 5.41) is 13.0. The molecule has 5 nitrogen and oxygen atoms in total. The van der Waals surface area contributed by atoms with Crippen LogP contribution in [0.4, 0.5) is 0 Å². The third-order valence-electron chi connectivity index (χ3n) is 5.44. The van der Waals surface area contributed by atoms with Crippen molar-refractivity contribution in [1.29, 1.82) is 5.26 Å². The predicted octanol–water partition coefficient (Wildman–Crippen LogP) is 7.13. The van der Waals surface area contributed by atoms with E-state index in [0.717, 1.165) is 34.3 Å². The summed E-state index contributed by atoms with van der Waals surface area (Å²) in [6, 6.07) is 10.1. The van der Waals surface area contributed by atoms with Crippen LogP contribution in [0.3, 0.4) is 0 Å². The highest BCUT2D eigenvalue weighted by molar-refractivity contribution is 14.1. The lowest BCUT2D eigenvalue weighted by Gasteiger charge is -2.32. The number of halogens is 2. The zero-order valence-electron chi connectivity index (χ0n) is 19.6. The molecule has 1 amide bonds.